The van der Waals surface area contributed by atoms with Gasteiger partial charge in [0.05, 0.1) is 0 Å². The van der Waals surface area contributed by atoms with Crippen LogP contribution in [-0.4, -0.2) is 30.4 Å². The van der Waals surface area contributed by atoms with E-state index in [0.29, 0.717) is 16.9 Å². The summed E-state index contributed by atoms with van der Waals surface area (Å²) in [5.74, 6) is -0.490. The third-order valence-corrected chi connectivity index (χ3v) is 4.61. The number of halogens is 1. The molecule has 3 aromatic carbocycles. The molecule has 0 heterocycles. The van der Waals surface area contributed by atoms with Gasteiger partial charge in [0.1, 0.15) is 17.6 Å². The summed E-state index contributed by atoms with van der Waals surface area (Å²) in [6.45, 7) is -0.101. The summed E-state index contributed by atoms with van der Waals surface area (Å²) in [5, 5.41) is 2.63. The van der Waals surface area contributed by atoms with Gasteiger partial charge in [-0.05, 0) is 35.4 Å². The van der Waals surface area contributed by atoms with E-state index < -0.39 is 6.04 Å². The lowest BCUT2D eigenvalue weighted by Crippen LogP contribution is -2.44. The van der Waals surface area contributed by atoms with Crippen molar-refractivity contribution in [2.45, 2.75) is 12.6 Å². The van der Waals surface area contributed by atoms with Crippen molar-refractivity contribution in [1.29, 1.82) is 0 Å². The standard InChI is InChI=1S/C24H23FN2O3/c1-26-24(29)23(19-8-4-2-5-9-19)27(16-18-12-14-20(25)15-13-18)22(28)17-30-21-10-6-3-7-11-21/h2-15,23H,16-17H2,1H3,(H,26,29)/t23-/m0/s1. The maximum atomic E-state index is 13.3. The molecule has 0 aliphatic carbocycles. The van der Waals surface area contributed by atoms with Crippen LogP contribution in [0.1, 0.15) is 17.2 Å². The maximum Gasteiger partial charge on any atom is 0.261 e. The molecule has 2 amide bonds. The van der Waals surface area contributed by atoms with Crippen molar-refractivity contribution >= 4 is 11.8 Å². The van der Waals surface area contributed by atoms with Crippen LogP contribution in [-0.2, 0) is 16.1 Å². The number of carbonyl (C=O) groups excluding carboxylic acids is 2. The molecule has 154 valence electrons. The highest BCUT2D eigenvalue weighted by molar-refractivity contribution is 5.89. The zero-order chi connectivity index (χ0) is 21.3. The Morgan fingerprint density at radius 2 is 1.53 bits per heavy atom. The molecular formula is C24H23FN2O3. The van der Waals surface area contributed by atoms with Crippen LogP contribution in [0.15, 0.2) is 84.9 Å². The normalized spacial score (nSPS) is 11.4. The van der Waals surface area contributed by atoms with E-state index in [4.69, 9.17) is 4.74 Å². The highest BCUT2D eigenvalue weighted by Gasteiger charge is 2.31. The van der Waals surface area contributed by atoms with Crippen LogP contribution < -0.4 is 10.1 Å². The molecule has 0 spiro atoms. The number of benzene rings is 3. The molecule has 3 aromatic rings. The first-order valence-electron chi connectivity index (χ1n) is 9.57. The van der Waals surface area contributed by atoms with Crippen LogP contribution in [0.3, 0.4) is 0 Å². The first-order valence-corrected chi connectivity index (χ1v) is 9.57. The van der Waals surface area contributed by atoms with Gasteiger partial charge in [0, 0.05) is 13.6 Å². The third kappa shape index (κ3) is 5.44. The molecule has 0 aliphatic rings. The van der Waals surface area contributed by atoms with Gasteiger partial charge >= 0.3 is 0 Å². The first-order chi connectivity index (χ1) is 14.6. The molecule has 0 saturated carbocycles. The van der Waals surface area contributed by atoms with Gasteiger partial charge in [-0.15, -0.1) is 0 Å². The molecule has 3 rings (SSSR count). The predicted molar refractivity (Wildman–Crippen MR) is 112 cm³/mol. The molecule has 1 N–H and O–H groups in total. The summed E-state index contributed by atoms with van der Waals surface area (Å²) in [6, 6.07) is 23.0. The zero-order valence-electron chi connectivity index (χ0n) is 16.6. The van der Waals surface area contributed by atoms with E-state index in [2.05, 4.69) is 5.32 Å². The van der Waals surface area contributed by atoms with E-state index >= 15 is 0 Å². The number of ether oxygens (including phenoxy) is 1. The minimum absolute atomic E-state index is 0.129. The van der Waals surface area contributed by atoms with Crippen LogP contribution >= 0.6 is 0 Å². The Labute approximate surface area is 175 Å². The number of hydrogen-bond donors (Lipinski definition) is 1. The second kappa shape index (κ2) is 10.2. The summed E-state index contributed by atoms with van der Waals surface area (Å²) < 4.78 is 19.0. The fourth-order valence-electron chi connectivity index (χ4n) is 3.10. The van der Waals surface area contributed by atoms with Crippen LogP contribution in [0.2, 0.25) is 0 Å². The molecule has 0 radical (unpaired) electrons. The lowest BCUT2D eigenvalue weighted by atomic mass is 10.0. The van der Waals surface area contributed by atoms with Gasteiger partial charge in [-0.3, -0.25) is 9.59 Å². The summed E-state index contributed by atoms with van der Waals surface area (Å²) >= 11 is 0. The largest absolute Gasteiger partial charge is 0.484 e. The lowest BCUT2D eigenvalue weighted by molar-refractivity contribution is -0.143. The highest BCUT2D eigenvalue weighted by atomic mass is 19.1. The van der Waals surface area contributed by atoms with Crippen LogP contribution in [0.4, 0.5) is 4.39 Å². The maximum absolute atomic E-state index is 13.3. The number of nitrogens with one attached hydrogen (secondary N) is 1. The van der Waals surface area contributed by atoms with Gasteiger partial charge in [-0.25, -0.2) is 4.39 Å². The molecule has 0 unspecified atom stereocenters. The molecule has 0 fully saturated rings. The summed E-state index contributed by atoms with van der Waals surface area (Å²) in [5.41, 5.74) is 1.38. The van der Waals surface area contributed by atoms with Gasteiger partial charge in [0.25, 0.3) is 5.91 Å². The van der Waals surface area contributed by atoms with Crippen molar-refractivity contribution in [3.8, 4) is 5.75 Å². The Kier molecular flexibility index (Phi) is 7.16. The summed E-state index contributed by atoms with van der Waals surface area (Å²) in [7, 11) is 1.53. The number of amides is 2. The van der Waals surface area contributed by atoms with E-state index in [1.54, 1.807) is 36.4 Å². The van der Waals surface area contributed by atoms with Gasteiger partial charge in [0.2, 0.25) is 5.91 Å². The molecule has 1 atom stereocenters. The van der Waals surface area contributed by atoms with E-state index in [0.717, 1.165) is 0 Å². The van der Waals surface area contributed by atoms with Crippen molar-refractivity contribution in [1.82, 2.24) is 10.2 Å². The lowest BCUT2D eigenvalue weighted by Gasteiger charge is -2.31. The second-order valence-electron chi connectivity index (χ2n) is 6.68. The molecular weight excluding hydrogens is 383 g/mol. The SMILES string of the molecule is CNC(=O)[C@H](c1ccccc1)N(Cc1ccc(F)cc1)C(=O)COc1ccccc1. The van der Waals surface area contributed by atoms with Gasteiger partial charge in [-0.2, -0.15) is 0 Å². The summed E-state index contributed by atoms with van der Waals surface area (Å²) in [6.07, 6.45) is 0. The number of likely N-dealkylation sites (N-methyl/N-ethyl adjacent to an activating group) is 1. The van der Waals surface area contributed by atoms with Crippen molar-refractivity contribution < 1.29 is 18.7 Å². The molecule has 30 heavy (non-hydrogen) atoms. The highest BCUT2D eigenvalue weighted by Crippen LogP contribution is 2.24. The zero-order valence-corrected chi connectivity index (χ0v) is 16.6. The topological polar surface area (TPSA) is 58.6 Å². The monoisotopic (exact) mass is 406 g/mol. The smallest absolute Gasteiger partial charge is 0.261 e. The van der Waals surface area contributed by atoms with Crippen LogP contribution in [0.5, 0.6) is 5.75 Å². The van der Waals surface area contributed by atoms with Crippen LogP contribution in [0.25, 0.3) is 0 Å². The number of hydrogen-bond acceptors (Lipinski definition) is 3. The molecule has 0 aliphatic heterocycles. The minimum atomic E-state index is -0.854. The number of carbonyl (C=O) groups is 2. The number of nitrogens with zero attached hydrogens (tertiary/aromatic N) is 1. The second-order valence-corrected chi connectivity index (χ2v) is 6.68. The molecule has 6 heteroatoms. The number of para-hydroxylation sites is 1. The quantitative estimate of drug-likeness (QED) is 0.620. The van der Waals surface area contributed by atoms with Crippen molar-refractivity contribution in [2.75, 3.05) is 13.7 Å². The Balaban J connectivity index is 1.90. The molecule has 0 aromatic heterocycles. The van der Waals surface area contributed by atoms with Crippen molar-refractivity contribution in [3.63, 3.8) is 0 Å². The predicted octanol–water partition coefficient (Wildman–Crippen LogP) is 3.72. The van der Waals surface area contributed by atoms with Crippen molar-refractivity contribution in [3.05, 3.63) is 102 Å². The Morgan fingerprint density at radius 1 is 0.933 bits per heavy atom. The van der Waals surface area contributed by atoms with E-state index in [1.807, 2.05) is 36.4 Å². The molecule has 0 saturated heterocycles. The van der Waals surface area contributed by atoms with Gasteiger partial charge in [-0.1, -0.05) is 60.7 Å². The summed E-state index contributed by atoms with van der Waals surface area (Å²) in [4.78, 5) is 27.4. The van der Waals surface area contributed by atoms with E-state index in [1.165, 1.54) is 24.1 Å². The Morgan fingerprint density at radius 3 is 2.13 bits per heavy atom. The van der Waals surface area contributed by atoms with Crippen LogP contribution in [0, 0.1) is 5.82 Å². The van der Waals surface area contributed by atoms with E-state index in [-0.39, 0.29) is 30.8 Å². The Bertz CT molecular complexity index is 963. The average Bonchev–Trinajstić information content (AvgIpc) is 2.79. The fourth-order valence-corrected chi connectivity index (χ4v) is 3.10. The third-order valence-electron chi connectivity index (χ3n) is 4.61. The minimum Gasteiger partial charge on any atom is -0.484 e. The van der Waals surface area contributed by atoms with E-state index in [9.17, 15) is 14.0 Å². The number of rotatable bonds is 8. The first kappa shape index (κ1) is 21.0. The fraction of sp³-hybridized carbons (Fsp3) is 0.167. The molecule has 0 bridgehead atoms. The molecule has 5 nitrogen and oxygen atoms in total. The Hall–Kier alpha value is -3.67. The van der Waals surface area contributed by atoms with Gasteiger partial charge in [0.15, 0.2) is 6.61 Å². The van der Waals surface area contributed by atoms with Crippen molar-refractivity contribution in [2.24, 2.45) is 0 Å². The van der Waals surface area contributed by atoms with Gasteiger partial charge < -0.3 is 15.0 Å². The average molecular weight is 406 g/mol.